The highest BCUT2D eigenvalue weighted by atomic mass is 35.5. The van der Waals surface area contributed by atoms with E-state index in [-0.39, 0.29) is 18.4 Å². The molecule has 54 heavy (non-hydrogen) atoms. The molecule has 3 rings (SSSR count). The molecule has 18 heteroatoms. The van der Waals surface area contributed by atoms with Gasteiger partial charge in [-0.25, -0.2) is 0 Å². The van der Waals surface area contributed by atoms with E-state index in [4.69, 9.17) is 5.73 Å². The number of alkyl halides is 12. The van der Waals surface area contributed by atoms with Gasteiger partial charge in [-0.15, -0.1) is 12.4 Å². The molecule has 306 valence electrons. The number of hydrogen-bond donors (Lipinski definition) is 2. The van der Waals surface area contributed by atoms with E-state index in [1.807, 2.05) is 49.4 Å². The van der Waals surface area contributed by atoms with Crippen LogP contribution in [0.5, 0.6) is 0 Å². The van der Waals surface area contributed by atoms with E-state index in [0.29, 0.717) is 18.2 Å². The predicted molar refractivity (Wildman–Crippen MR) is 191 cm³/mol. The Morgan fingerprint density at radius 1 is 0.556 bits per heavy atom. The Bertz CT molecular complexity index is 1490. The van der Waals surface area contributed by atoms with Crippen molar-refractivity contribution < 1.29 is 57.5 Å². The SMILES string of the molecule is CC(=N[C@@H](C)c1ccccc1)C(F)(F)F.CC(=N[C@H](C)C(F)(F)F)c1ccccc1.CC(=O)C(F)(F)F.C[C@@H](N)C(F)(F)F.C[C@H](N)c1ccccc1.Cl. The van der Waals surface area contributed by atoms with Gasteiger partial charge in [0, 0.05) is 18.7 Å². The van der Waals surface area contributed by atoms with E-state index in [0.717, 1.165) is 26.3 Å². The minimum absolute atomic E-state index is 0. The molecule has 0 aliphatic heterocycles. The van der Waals surface area contributed by atoms with Crippen LogP contribution in [-0.2, 0) is 4.79 Å². The number of Topliss-reactive ketones (excluding diaryl/α,β-unsaturated/α-hetero) is 1. The number of halogens is 13. The monoisotopic (exact) mass is 812 g/mol. The summed E-state index contributed by atoms with van der Waals surface area (Å²) in [6, 6.07) is 24.1. The Morgan fingerprint density at radius 2 is 0.889 bits per heavy atom. The Balaban J connectivity index is -0.000000625. The summed E-state index contributed by atoms with van der Waals surface area (Å²) in [5, 5.41) is 0. The molecule has 0 spiro atoms. The van der Waals surface area contributed by atoms with Crippen molar-refractivity contribution in [3.63, 3.8) is 0 Å². The Kier molecular flexibility index (Phi) is 25.4. The molecule has 0 saturated carbocycles. The Morgan fingerprint density at radius 3 is 1.15 bits per heavy atom. The average Bonchev–Trinajstić information content (AvgIpc) is 3.05. The van der Waals surface area contributed by atoms with Crippen LogP contribution in [0.15, 0.2) is 101 Å². The third-order valence-electron chi connectivity index (χ3n) is 6.37. The summed E-state index contributed by atoms with van der Waals surface area (Å²) in [6.45, 7) is 8.63. The van der Waals surface area contributed by atoms with Gasteiger partial charge in [0.1, 0.15) is 11.8 Å². The summed E-state index contributed by atoms with van der Waals surface area (Å²) in [5.74, 6) is -1.76. The van der Waals surface area contributed by atoms with E-state index in [1.54, 1.807) is 62.4 Å². The molecule has 0 aliphatic carbocycles. The molecule has 0 aliphatic rings. The van der Waals surface area contributed by atoms with Gasteiger partial charge in [0.05, 0.1) is 12.1 Å². The normalized spacial score (nSPS) is 14.2. The summed E-state index contributed by atoms with van der Waals surface area (Å²) in [5.41, 5.74) is 12.4. The van der Waals surface area contributed by atoms with E-state index in [9.17, 15) is 57.5 Å². The predicted octanol–water partition coefficient (Wildman–Crippen LogP) is 11.4. The highest BCUT2D eigenvalue weighted by Gasteiger charge is 2.36. The highest BCUT2D eigenvalue weighted by molar-refractivity contribution is 5.98. The fraction of sp³-hybridized carbons (Fsp3) is 0.417. The second-order valence-corrected chi connectivity index (χ2v) is 11.2. The molecule has 4 N–H and O–H groups in total. The number of nitrogens with zero attached hydrogens (tertiary/aromatic N) is 2. The van der Waals surface area contributed by atoms with Crippen LogP contribution in [-0.4, -0.2) is 54.0 Å². The van der Waals surface area contributed by atoms with E-state index in [1.165, 1.54) is 5.56 Å². The first-order chi connectivity index (χ1) is 24.0. The van der Waals surface area contributed by atoms with Crippen molar-refractivity contribution in [2.45, 2.75) is 97.3 Å². The van der Waals surface area contributed by atoms with Gasteiger partial charge in [0.25, 0.3) is 0 Å². The standard InChI is InChI=1S/2C11H12F3N.C8H11N.C3H6F3N.C3H3F3O.ClH/c2*1-8(10-6-4-3-5-7-10)15-9(2)11(12,13)14;1-7(9)8-5-3-2-4-6-8;2*1-2(7)3(4,5)6;/h3-7,9H,1-2H3;3-8H,1-2H3;2-7H,9H2,1H3;2H,7H2,1H3;1H3;1H/t9-;8-;7-;2-;;/m1001../s1. The zero-order valence-electron chi connectivity index (χ0n) is 30.4. The molecule has 0 saturated heterocycles. The minimum Gasteiger partial charge on any atom is -0.324 e. The van der Waals surface area contributed by atoms with Gasteiger partial charge in [-0.1, -0.05) is 91.0 Å². The number of nitrogens with two attached hydrogens (primary N) is 2. The van der Waals surface area contributed by atoms with Crippen LogP contribution in [0, 0.1) is 0 Å². The van der Waals surface area contributed by atoms with Crippen LogP contribution >= 0.6 is 12.4 Å². The van der Waals surface area contributed by atoms with E-state index in [2.05, 4.69) is 15.7 Å². The second kappa shape index (κ2) is 25.2. The molecular weight excluding hydrogens is 768 g/mol. The molecule has 4 atom stereocenters. The van der Waals surface area contributed by atoms with Crippen molar-refractivity contribution in [2.75, 3.05) is 0 Å². The second-order valence-electron chi connectivity index (χ2n) is 11.2. The minimum atomic E-state index is -4.64. The van der Waals surface area contributed by atoms with Crippen LogP contribution < -0.4 is 11.5 Å². The summed E-state index contributed by atoms with van der Waals surface area (Å²) in [4.78, 5) is 16.6. The largest absolute Gasteiger partial charge is 0.449 e. The third-order valence-corrected chi connectivity index (χ3v) is 6.37. The fourth-order valence-electron chi connectivity index (χ4n) is 3.04. The maximum atomic E-state index is 12.2. The van der Waals surface area contributed by atoms with Gasteiger partial charge >= 0.3 is 24.7 Å². The number of aliphatic imine (C=N–C) groups is 2. The van der Waals surface area contributed by atoms with Gasteiger partial charge in [0.2, 0.25) is 5.78 Å². The lowest BCUT2D eigenvalue weighted by atomic mass is 10.1. The smallest absolute Gasteiger partial charge is 0.324 e. The molecule has 0 bridgehead atoms. The number of ketones is 1. The lowest BCUT2D eigenvalue weighted by molar-refractivity contribution is -0.168. The molecule has 3 aromatic rings. The van der Waals surface area contributed by atoms with Crippen LogP contribution in [0.1, 0.15) is 77.2 Å². The third kappa shape index (κ3) is 25.9. The molecule has 0 unspecified atom stereocenters. The molecule has 0 heterocycles. The molecule has 0 aromatic heterocycles. The zero-order chi connectivity index (χ0) is 41.8. The molecule has 0 amide bonds. The molecule has 0 fully saturated rings. The fourth-order valence-corrected chi connectivity index (χ4v) is 3.04. The van der Waals surface area contributed by atoms with Crippen molar-refractivity contribution in [3.8, 4) is 0 Å². The molecule has 0 radical (unpaired) electrons. The van der Waals surface area contributed by atoms with Crippen LogP contribution in [0.3, 0.4) is 0 Å². The molecule has 3 aromatic carbocycles. The van der Waals surface area contributed by atoms with Gasteiger partial charge in [-0.05, 0) is 58.2 Å². The van der Waals surface area contributed by atoms with Crippen molar-refractivity contribution >= 4 is 29.6 Å². The zero-order valence-corrected chi connectivity index (χ0v) is 31.2. The number of carbonyl (C=O) groups is 1. The van der Waals surface area contributed by atoms with Crippen molar-refractivity contribution in [1.82, 2.24) is 0 Å². The number of rotatable bonds is 5. The summed E-state index contributed by atoms with van der Waals surface area (Å²) >= 11 is 0. The van der Waals surface area contributed by atoms with E-state index >= 15 is 0 Å². The summed E-state index contributed by atoms with van der Waals surface area (Å²) in [7, 11) is 0. The molecule has 5 nitrogen and oxygen atoms in total. The first-order valence-electron chi connectivity index (χ1n) is 15.5. The first kappa shape index (κ1) is 54.4. The highest BCUT2D eigenvalue weighted by Crippen LogP contribution is 2.24. The Hall–Kier alpha value is -3.96. The molecular formula is C36H45ClF12N4O. The topological polar surface area (TPSA) is 93.8 Å². The lowest BCUT2D eigenvalue weighted by Gasteiger charge is -2.12. The van der Waals surface area contributed by atoms with Crippen LogP contribution in [0.4, 0.5) is 52.7 Å². The van der Waals surface area contributed by atoms with Crippen LogP contribution in [0.25, 0.3) is 0 Å². The summed E-state index contributed by atoms with van der Waals surface area (Å²) in [6.07, 6.45) is -17.5. The van der Waals surface area contributed by atoms with Crippen molar-refractivity contribution in [3.05, 3.63) is 108 Å². The maximum absolute atomic E-state index is 12.2. The quantitative estimate of drug-likeness (QED) is 0.198. The number of hydrogen-bond acceptors (Lipinski definition) is 5. The lowest BCUT2D eigenvalue weighted by Crippen LogP contribution is -2.33. The number of carbonyl (C=O) groups excluding carboxylic acids is 1. The van der Waals surface area contributed by atoms with Gasteiger partial charge in [0.15, 0.2) is 0 Å². The Labute approximate surface area is 313 Å². The van der Waals surface area contributed by atoms with Gasteiger partial charge < -0.3 is 11.5 Å². The van der Waals surface area contributed by atoms with Crippen LogP contribution in [0.2, 0.25) is 0 Å². The number of benzene rings is 3. The average molecular weight is 813 g/mol. The van der Waals surface area contributed by atoms with Crippen molar-refractivity contribution in [1.29, 1.82) is 0 Å². The maximum Gasteiger partial charge on any atom is 0.449 e. The van der Waals surface area contributed by atoms with Crippen molar-refractivity contribution in [2.24, 2.45) is 21.5 Å². The van der Waals surface area contributed by atoms with Gasteiger partial charge in [-0.3, -0.25) is 14.8 Å². The summed E-state index contributed by atoms with van der Waals surface area (Å²) < 4.78 is 139. The van der Waals surface area contributed by atoms with E-state index < -0.39 is 54.3 Å². The first-order valence-corrected chi connectivity index (χ1v) is 15.5. The van der Waals surface area contributed by atoms with Gasteiger partial charge in [-0.2, -0.15) is 52.7 Å².